The van der Waals surface area contributed by atoms with E-state index in [1.165, 1.54) is 38.4 Å². The maximum Gasteiger partial charge on any atom is 0.126 e. The third-order valence-corrected chi connectivity index (χ3v) is 12.9. The number of hydrogen-bond donors (Lipinski definition) is 6. The van der Waals surface area contributed by atoms with E-state index in [-0.39, 0.29) is 0 Å². The number of anilines is 6. The number of rotatable bonds is 15. The highest BCUT2D eigenvalue weighted by Crippen LogP contribution is 2.30. The van der Waals surface area contributed by atoms with Gasteiger partial charge in [-0.3, -0.25) is 0 Å². The van der Waals surface area contributed by atoms with Crippen molar-refractivity contribution in [3.05, 3.63) is 230 Å². The molecule has 0 bridgehead atoms. The van der Waals surface area contributed by atoms with Crippen molar-refractivity contribution >= 4 is 55.7 Å². The van der Waals surface area contributed by atoms with E-state index in [0.29, 0.717) is 0 Å². The van der Waals surface area contributed by atoms with Crippen molar-refractivity contribution in [1.29, 1.82) is 0 Å². The van der Waals surface area contributed by atoms with E-state index >= 15 is 0 Å². The third-order valence-electron chi connectivity index (χ3n) is 12.9. The second-order valence-corrected chi connectivity index (χ2v) is 17.8. The van der Waals surface area contributed by atoms with Crippen LogP contribution >= 0.6 is 0 Å². The molecule has 0 aliphatic rings. The van der Waals surface area contributed by atoms with Gasteiger partial charge >= 0.3 is 0 Å². The number of benzene rings is 10. The Labute approximate surface area is 480 Å². The average Bonchev–Trinajstić information content (AvgIpc) is 3.56. The van der Waals surface area contributed by atoms with Crippen LogP contribution in [0.15, 0.2) is 218 Å². The first-order chi connectivity index (χ1) is 39.6. The third kappa shape index (κ3) is 19.9. The van der Waals surface area contributed by atoms with Gasteiger partial charge in [0.15, 0.2) is 0 Å². The van der Waals surface area contributed by atoms with E-state index < -0.39 is 0 Å². The van der Waals surface area contributed by atoms with Crippen LogP contribution in [0.5, 0.6) is 34.5 Å². The van der Waals surface area contributed by atoms with Gasteiger partial charge in [0, 0.05) is 93.2 Å². The Morgan fingerprint density at radius 2 is 0.642 bits per heavy atom. The fourth-order valence-corrected chi connectivity index (χ4v) is 8.10. The zero-order valence-electron chi connectivity index (χ0n) is 48.9. The Balaban J connectivity index is 0.000000180. The molecule has 0 aliphatic heterocycles. The first-order valence-corrected chi connectivity index (χ1v) is 26.5. The molecular weight excluding hydrogens is 1010 g/mol. The van der Waals surface area contributed by atoms with Crippen molar-refractivity contribution < 1.29 is 28.4 Å². The van der Waals surface area contributed by atoms with Crippen molar-refractivity contribution in [1.82, 2.24) is 0 Å². The van der Waals surface area contributed by atoms with Gasteiger partial charge in [0.2, 0.25) is 0 Å². The molecule has 10 rings (SSSR count). The number of nitrogens with one attached hydrogen (secondary N) is 6. The topological polar surface area (TPSA) is 128 Å². The molecular formula is C69H80N6O6. The van der Waals surface area contributed by atoms with E-state index in [4.69, 9.17) is 28.4 Å². The number of fused-ring (bicyclic) bond motifs is 2. The van der Waals surface area contributed by atoms with Crippen molar-refractivity contribution in [3.63, 3.8) is 0 Å². The maximum absolute atomic E-state index is 5.30. The molecule has 0 atom stereocenters. The van der Waals surface area contributed by atoms with Crippen LogP contribution < -0.4 is 60.3 Å². The summed E-state index contributed by atoms with van der Waals surface area (Å²) in [5.74, 6) is 5.37. The molecule has 0 heterocycles. The number of ether oxygens (including phenoxy) is 6. The molecule has 12 heteroatoms. The second-order valence-electron chi connectivity index (χ2n) is 17.8. The summed E-state index contributed by atoms with van der Waals surface area (Å²) in [6, 6.07) is 73.2. The molecule has 0 aliphatic carbocycles. The molecule has 10 aromatic carbocycles. The summed E-state index contributed by atoms with van der Waals surface area (Å²) in [7, 11) is 21.5. The smallest absolute Gasteiger partial charge is 0.126 e. The molecule has 0 aromatic heterocycles. The van der Waals surface area contributed by atoms with E-state index in [1.54, 1.807) is 42.7 Å². The highest BCUT2D eigenvalue weighted by Gasteiger charge is 2.04. The molecule has 81 heavy (non-hydrogen) atoms. The van der Waals surface area contributed by atoms with E-state index in [1.807, 2.05) is 145 Å². The van der Waals surface area contributed by atoms with Crippen molar-refractivity contribution in [2.24, 2.45) is 0 Å². The van der Waals surface area contributed by atoms with Crippen LogP contribution in [-0.4, -0.2) is 84.9 Å². The lowest BCUT2D eigenvalue weighted by Gasteiger charge is -2.08. The summed E-state index contributed by atoms with van der Waals surface area (Å²) in [6.07, 6.45) is 0.952. The lowest BCUT2D eigenvalue weighted by molar-refractivity contribution is 0.414. The van der Waals surface area contributed by atoms with Crippen molar-refractivity contribution in [2.75, 3.05) is 117 Å². The molecule has 12 nitrogen and oxygen atoms in total. The summed E-state index contributed by atoms with van der Waals surface area (Å²) in [4.78, 5) is 0. The lowest BCUT2D eigenvalue weighted by Crippen LogP contribution is -1.91. The normalized spacial score (nSPS) is 9.78. The van der Waals surface area contributed by atoms with Gasteiger partial charge in [-0.15, -0.1) is 0 Å². The standard InChI is InChI=1S/C15H17NO.C14H15NO.2C12H13NO.2C8H11NO/c1-16-14-7-3-12(4-8-14)11-13-5-9-15(17-2)10-6-13;1-15-13-7-3-11(4-8-13)12-5-9-14(16-2)10-6-12;1-13-11-7-3-6-10-9(11)5-4-8-12(10)14-2;1-13-11-5-3-10-8-12(14-2)6-4-9(10)7-11;1-9-7-3-5-8(10-2)6-4-7;1-9-7-4-3-5-8(6-7)10-2/h3-10,16H,11H2,1-2H3;3-10,15H,1-2H3;2*3-8,13H,1-2H3;2*3-6,9H,1-2H3. The second kappa shape index (κ2) is 34.3. The largest absolute Gasteiger partial charge is 0.497 e. The summed E-state index contributed by atoms with van der Waals surface area (Å²) < 4.78 is 30.7. The zero-order valence-corrected chi connectivity index (χ0v) is 48.9. The Hall–Kier alpha value is -9.68. The van der Waals surface area contributed by atoms with Gasteiger partial charge in [0.25, 0.3) is 0 Å². The molecule has 0 saturated heterocycles. The van der Waals surface area contributed by atoms with Gasteiger partial charge in [-0.2, -0.15) is 0 Å². The Morgan fingerprint density at radius 3 is 1.15 bits per heavy atom. The average molecular weight is 1090 g/mol. The minimum absolute atomic E-state index is 0.881. The van der Waals surface area contributed by atoms with Gasteiger partial charge in [-0.1, -0.05) is 91.0 Å². The van der Waals surface area contributed by atoms with Gasteiger partial charge < -0.3 is 60.3 Å². The van der Waals surface area contributed by atoms with Crippen LogP contribution in [0.25, 0.3) is 32.7 Å². The van der Waals surface area contributed by atoms with Gasteiger partial charge in [-0.05, 0) is 161 Å². The molecule has 10 aromatic rings. The Morgan fingerprint density at radius 1 is 0.272 bits per heavy atom. The van der Waals surface area contributed by atoms with E-state index in [0.717, 1.165) is 80.4 Å². The van der Waals surface area contributed by atoms with Gasteiger partial charge in [0.05, 0.1) is 42.7 Å². The van der Waals surface area contributed by atoms with Crippen LogP contribution in [0, 0.1) is 0 Å². The van der Waals surface area contributed by atoms with E-state index in [2.05, 4.69) is 147 Å². The lowest BCUT2D eigenvalue weighted by atomic mass is 10.0. The SMILES string of the molecule is CNc1ccc(-c2ccc(OC)cc2)cc1.CNc1ccc(Cc2ccc(OC)cc2)cc1.CNc1ccc(OC)cc1.CNc1ccc2cc(OC)ccc2c1.CNc1cccc(OC)c1.CNc1cccc2c(OC)cccc12. The van der Waals surface area contributed by atoms with Crippen LogP contribution in [0.1, 0.15) is 11.1 Å². The highest BCUT2D eigenvalue weighted by molar-refractivity contribution is 5.97. The molecule has 6 N–H and O–H groups in total. The molecule has 0 spiro atoms. The fourth-order valence-electron chi connectivity index (χ4n) is 8.10. The van der Waals surface area contributed by atoms with Gasteiger partial charge in [-0.25, -0.2) is 0 Å². The monoisotopic (exact) mass is 1090 g/mol. The zero-order chi connectivity index (χ0) is 58.2. The minimum atomic E-state index is 0.881. The van der Waals surface area contributed by atoms with Crippen LogP contribution in [0.3, 0.4) is 0 Å². The fraction of sp³-hybridized carbons (Fsp3) is 0.188. The van der Waals surface area contributed by atoms with Crippen LogP contribution in [0.2, 0.25) is 0 Å². The molecule has 0 saturated carbocycles. The number of methoxy groups -OCH3 is 6. The summed E-state index contributed by atoms with van der Waals surface area (Å²) >= 11 is 0. The van der Waals surface area contributed by atoms with E-state index in [9.17, 15) is 0 Å². The molecule has 0 unspecified atom stereocenters. The molecule has 0 radical (unpaired) electrons. The van der Waals surface area contributed by atoms with Crippen molar-refractivity contribution in [3.8, 4) is 45.6 Å². The Kier molecular flexibility index (Phi) is 26.3. The molecule has 0 amide bonds. The Bertz CT molecular complexity index is 3140. The summed E-state index contributed by atoms with van der Waals surface area (Å²) in [5, 5.41) is 23.3. The molecule has 0 fully saturated rings. The maximum atomic E-state index is 5.30. The van der Waals surface area contributed by atoms with Gasteiger partial charge in [0.1, 0.15) is 34.5 Å². The summed E-state index contributed by atoms with van der Waals surface area (Å²) in [6.45, 7) is 0. The predicted octanol–water partition coefficient (Wildman–Crippen LogP) is 16.0. The highest BCUT2D eigenvalue weighted by atomic mass is 16.5. The first-order valence-electron chi connectivity index (χ1n) is 26.5. The quantitative estimate of drug-likeness (QED) is 0.0585. The van der Waals surface area contributed by atoms with Crippen LogP contribution in [0.4, 0.5) is 34.1 Å². The first kappa shape index (κ1) is 62.2. The summed E-state index contributed by atoms with van der Waals surface area (Å²) in [5.41, 5.74) is 11.7. The molecule has 422 valence electrons. The predicted molar refractivity (Wildman–Crippen MR) is 345 cm³/mol. The van der Waals surface area contributed by atoms with Crippen LogP contribution in [-0.2, 0) is 6.42 Å². The minimum Gasteiger partial charge on any atom is -0.497 e. The van der Waals surface area contributed by atoms with Crippen molar-refractivity contribution in [2.45, 2.75) is 6.42 Å². The number of hydrogen-bond acceptors (Lipinski definition) is 12.